The number of carbonyl (C=O) groups is 3. The van der Waals surface area contributed by atoms with Crippen LogP contribution in [0.3, 0.4) is 0 Å². The first-order valence-corrected chi connectivity index (χ1v) is 5.58. The number of esters is 1. The van der Waals surface area contributed by atoms with Crippen molar-refractivity contribution in [3.63, 3.8) is 0 Å². The van der Waals surface area contributed by atoms with Gasteiger partial charge in [0.2, 0.25) is 0 Å². The largest absolute Gasteiger partial charge is 0.478 e. The van der Waals surface area contributed by atoms with E-state index >= 15 is 0 Å². The van der Waals surface area contributed by atoms with Gasteiger partial charge in [0.15, 0.2) is 0 Å². The maximum atomic E-state index is 13.0. The molecule has 0 aliphatic heterocycles. The first-order valence-electron chi connectivity index (χ1n) is 5.58. The third-order valence-electron chi connectivity index (χ3n) is 2.30. The summed E-state index contributed by atoms with van der Waals surface area (Å²) < 4.78 is 17.4. The SMILES string of the molecule is COC(=O)CCNC(=O)Nc1cc(F)ccc1C(=O)O. The number of carbonyl (C=O) groups excluding carboxylic acids is 2. The second-order valence-electron chi connectivity index (χ2n) is 3.70. The van der Waals surface area contributed by atoms with Crippen molar-refractivity contribution in [3.8, 4) is 0 Å². The van der Waals surface area contributed by atoms with Crippen LogP contribution in [0.4, 0.5) is 14.9 Å². The standard InChI is InChI=1S/C12H13FN2O5/c1-20-10(16)4-5-14-12(19)15-9-6-7(13)2-3-8(9)11(17)18/h2-3,6H,4-5H2,1H3,(H,17,18)(H2,14,15,19). The van der Waals surface area contributed by atoms with Crippen molar-refractivity contribution >= 4 is 23.7 Å². The zero-order chi connectivity index (χ0) is 15.1. The maximum absolute atomic E-state index is 13.0. The molecule has 0 radical (unpaired) electrons. The number of carboxylic acids is 1. The molecule has 8 heteroatoms. The van der Waals surface area contributed by atoms with Crippen molar-refractivity contribution in [2.45, 2.75) is 6.42 Å². The highest BCUT2D eigenvalue weighted by atomic mass is 19.1. The number of hydrogen-bond donors (Lipinski definition) is 3. The molecule has 0 bridgehead atoms. The molecule has 108 valence electrons. The second-order valence-corrected chi connectivity index (χ2v) is 3.70. The van der Waals surface area contributed by atoms with Gasteiger partial charge >= 0.3 is 18.0 Å². The Bertz CT molecular complexity index is 533. The lowest BCUT2D eigenvalue weighted by Gasteiger charge is -2.09. The molecule has 1 rings (SSSR count). The summed E-state index contributed by atoms with van der Waals surface area (Å²) in [7, 11) is 1.22. The Balaban J connectivity index is 2.63. The zero-order valence-electron chi connectivity index (χ0n) is 10.6. The van der Waals surface area contributed by atoms with Gasteiger partial charge in [-0.15, -0.1) is 0 Å². The van der Waals surface area contributed by atoms with Crippen molar-refractivity contribution in [2.75, 3.05) is 19.0 Å². The molecule has 0 heterocycles. The van der Waals surface area contributed by atoms with Crippen molar-refractivity contribution in [2.24, 2.45) is 0 Å². The van der Waals surface area contributed by atoms with E-state index in [1.165, 1.54) is 7.11 Å². The normalized spacial score (nSPS) is 9.70. The number of nitrogens with one attached hydrogen (secondary N) is 2. The van der Waals surface area contributed by atoms with Gasteiger partial charge in [0.1, 0.15) is 5.82 Å². The Morgan fingerprint density at radius 1 is 1.35 bits per heavy atom. The fourth-order valence-corrected chi connectivity index (χ4v) is 1.35. The van der Waals surface area contributed by atoms with Gasteiger partial charge in [0.05, 0.1) is 24.8 Å². The van der Waals surface area contributed by atoms with Gasteiger partial charge in [0, 0.05) is 6.54 Å². The first-order chi connectivity index (χ1) is 9.43. The van der Waals surface area contributed by atoms with Crippen LogP contribution in [0.5, 0.6) is 0 Å². The molecule has 1 aromatic rings. The predicted molar refractivity (Wildman–Crippen MR) is 67.0 cm³/mol. The number of benzene rings is 1. The molecule has 1 aromatic carbocycles. The van der Waals surface area contributed by atoms with Crippen LogP contribution >= 0.6 is 0 Å². The number of halogens is 1. The number of hydrogen-bond acceptors (Lipinski definition) is 4. The van der Waals surface area contributed by atoms with Gasteiger partial charge < -0.3 is 20.5 Å². The Labute approximate surface area is 113 Å². The van der Waals surface area contributed by atoms with E-state index in [9.17, 15) is 18.8 Å². The summed E-state index contributed by atoms with van der Waals surface area (Å²) in [5.41, 5.74) is -0.414. The van der Waals surface area contributed by atoms with Crippen molar-refractivity contribution in [1.82, 2.24) is 5.32 Å². The summed E-state index contributed by atoms with van der Waals surface area (Å²) in [5.74, 6) is -2.47. The molecule has 0 aliphatic rings. The average Bonchev–Trinajstić information content (AvgIpc) is 2.38. The molecule has 2 amide bonds. The molecule has 7 nitrogen and oxygen atoms in total. The quantitative estimate of drug-likeness (QED) is 0.705. The van der Waals surface area contributed by atoms with E-state index in [2.05, 4.69) is 15.4 Å². The molecule has 0 saturated carbocycles. The summed E-state index contributed by atoms with van der Waals surface area (Å²) in [6, 6.07) is 2.16. The lowest BCUT2D eigenvalue weighted by molar-refractivity contribution is -0.140. The van der Waals surface area contributed by atoms with Crippen LogP contribution in [0.25, 0.3) is 0 Å². The number of ether oxygens (including phenoxy) is 1. The van der Waals surface area contributed by atoms with Gasteiger partial charge in [-0.05, 0) is 18.2 Å². The molecule has 3 N–H and O–H groups in total. The molecule has 0 spiro atoms. The van der Waals surface area contributed by atoms with Crippen molar-refractivity contribution < 1.29 is 28.6 Å². The molecule has 0 unspecified atom stereocenters. The fraction of sp³-hybridized carbons (Fsp3) is 0.250. The Kier molecular flexibility index (Phi) is 5.45. The molecule has 0 aliphatic carbocycles. The topological polar surface area (TPSA) is 105 Å². The lowest BCUT2D eigenvalue weighted by Crippen LogP contribution is -2.31. The third kappa shape index (κ3) is 4.56. The van der Waals surface area contributed by atoms with E-state index < -0.39 is 23.8 Å². The highest BCUT2D eigenvalue weighted by molar-refractivity contribution is 6.00. The zero-order valence-corrected chi connectivity index (χ0v) is 10.6. The highest BCUT2D eigenvalue weighted by Gasteiger charge is 2.13. The van der Waals surface area contributed by atoms with Crippen LogP contribution in [-0.4, -0.2) is 36.7 Å². The number of rotatable bonds is 5. The van der Waals surface area contributed by atoms with Gasteiger partial charge in [-0.25, -0.2) is 14.0 Å². The molecular formula is C12H13FN2O5. The number of aromatic carboxylic acids is 1. The Hall–Kier alpha value is -2.64. The Morgan fingerprint density at radius 3 is 2.65 bits per heavy atom. The van der Waals surface area contributed by atoms with Crippen LogP contribution in [-0.2, 0) is 9.53 Å². The highest BCUT2D eigenvalue weighted by Crippen LogP contribution is 2.17. The number of carboxylic acid groups (broad SMARTS) is 1. The van der Waals surface area contributed by atoms with E-state index in [0.29, 0.717) is 0 Å². The van der Waals surface area contributed by atoms with Crippen LogP contribution in [0.15, 0.2) is 18.2 Å². The average molecular weight is 284 g/mol. The van der Waals surface area contributed by atoms with Gasteiger partial charge in [0.25, 0.3) is 0 Å². The minimum atomic E-state index is -1.30. The van der Waals surface area contributed by atoms with Crippen LogP contribution < -0.4 is 10.6 Å². The molecular weight excluding hydrogens is 271 g/mol. The minimum Gasteiger partial charge on any atom is -0.478 e. The Morgan fingerprint density at radius 2 is 2.05 bits per heavy atom. The molecule has 0 saturated heterocycles. The number of methoxy groups -OCH3 is 1. The monoisotopic (exact) mass is 284 g/mol. The number of urea groups is 1. The van der Waals surface area contributed by atoms with E-state index in [-0.39, 0.29) is 24.2 Å². The van der Waals surface area contributed by atoms with E-state index in [1.54, 1.807) is 0 Å². The summed E-state index contributed by atoms with van der Waals surface area (Å²) >= 11 is 0. The molecule has 0 aromatic heterocycles. The molecule has 20 heavy (non-hydrogen) atoms. The molecule has 0 atom stereocenters. The number of amides is 2. The van der Waals surface area contributed by atoms with Gasteiger partial charge in [-0.1, -0.05) is 0 Å². The van der Waals surface area contributed by atoms with Crippen LogP contribution in [0.2, 0.25) is 0 Å². The van der Waals surface area contributed by atoms with Gasteiger partial charge in [-0.2, -0.15) is 0 Å². The van der Waals surface area contributed by atoms with Crippen molar-refractivity contribution in [3.05, 3.63) is 29.6 Å². The smallest absolute Gasteiger partial charge is 0.337 e. The summed E-state index contributed by atoms with van der Waals surface area (Å²) in [6.45, 7) is 0.0101. The van der Waals surface area contributed by atoms with E-state index in [1.807, 2.05) is 0 Å². The van der Waals surface area contributed by atoms with E-state index in [0.717, 1.165) is 18.2 Å². The molecule has 0 fully saturated rings. The minimum absolute atomic E-state index is 0.0101. The third-order valence-corrected chi connectivity index (χ3v) is 2.30. The second kappa shape index (κ2) is 7.07. The van der Waals surface area contributed by atoms with Gasteiger partial charge in [-0.3, -0.25) is 4.79 Å². The lowest BCUT2D eigenvalue weighted by atomic mass is 10.2. The van der Waals surface area contributed by atoms with E-state index in [4.69, 9.17) is 5.11 Å². The first kappa shape index (κ1) is 15.4. The van der Waals surface area contributed by atoms with Crippen LogP contribution in [0.1, 0.15) is 16.8 Å². The summed E-state index contributed by atoms with van der Waals surface area (Å²) in [4.78, 5) is 33.2. The summed E-state index contributed by atoms with van der Waals surface area (Å²) in [5, 5.41) is 13.4. The number of anilines is 1. The predicted octanol–water partition coefficient (Wildman–Crippen LogP) is 1.21. The van der Waals surface area contributed by atoms with Crippen LogP contribution in [0, 0.1) is 5.82 Å². The fourth-order valence-electron chi connectivity index (χ4n) is 1.35. The maximum Gasteiger partial charge on any atom is 0.337 e. The summed E-state index contributed by atoms with van der Waals surface area (Å²) in [6.07, 6.45) is -0.0289. The van der Waals surface area contributed by atoms with Crippen molar-refractivity contribution in [1.29, 1.82) is 0 Å².